The molecule has 0 bridgehead atoms. The van der Waals surface area contributed by atoms with Crippen LogP contribution in [0.3, 0.4) is 0 Å². The smallest absolute Gasteiger partial charge is 0.240 e. The van der Waals surface area contributed by atoms with Gasteiger partial charge in [0.15, 0.2) is 5.82 Å². The molecule has 0 amide bonds. The first kappa shape index (κ1) is 11.6. The van der Waals surface area contributed by atoms with Crippen LogP contribution in [-0.2, 0) is 0 Å². The number of nitrogens with one attached hydrogen (secondary N) is 1. The molecule has 0 radical (unpaired) electrons. The Balaban J connectivity index is 2.31. The van der Waals surface area contributed by atoms with E-state index in [1.54, 1.807) is 22.2 Å². The van der Waals surface area contributed by atoms with Gasteiger partial charge in [-0.3, -0.25) is 5.43 Å². The zero-order valence-electron chi connectivity index (χ0n) is 9.38. The van der Waals surface area contributed by atoms with Crippen LogP contribution in [0.1, 0.15) is 4.88 Å². The molecule has 3 N–H and O–H groups in total. The maximum Gasteiger partial charge on any atom is 0.240 e. The minimum Gasteiger partial charge on any atom is -0.292 e. The van der Waals surface area contributed by atoms with Crippen molar-refractivity contribution in [1.29, 1.82) is 0 Å². The third-order valence-electron chi connectivity index (χ3n) is 2.39. The lowest BCUT2D eigenvalue weighted by Gasteiger charge is -2.04. The van der Waals surface area contributed by atoms with E-state index in [1.165, 1.54) is 4.88 Å². The van der Waals surface area contributed by atoms with Crippen molar-refractivity contribution >= 4 is 43.4 Å². The number of hydrazine groups is 1. The Kier molecular flexibility index (Phi) is 2.77. The van der Waals surface area contributed by atoms with E-state index >= 15 is 0 Å². The summed E-state index contributed by atoms with van der Waals surface area (Å²) in [4.78, 5) is 10.7. The van der Waals surface area contributed by atoms with Crippen LogP contribution in [0.2, 0.25) is 0 Å². The fraction of sp³-hybridized carbons (Fsp3) is 0.100. The number of nitrogens with zero attached hydrogens (tertiary/aromatic N) is 4. The zero-order chi connectivity index (χ0) is 12.7. The molecular weight excluding hydrogens is 316 g/mol. The van der Waals surface area contributed by atoms with E-state index in [0.717, 1.165) is 14.7 Å². The molecule has 0 aromatic carbocycles. The Labute approximate surface area is 115 Å². The number of aryl methyl sites for hydroxylation is 1. The van der Waals surface area contributed by atoms with E-state index in [0.29, 0.717) is 11.8 Å². The molecule has 0 saturated heterocycles. The summed E-state index contributed by atoms with van der Waals surface area (Å²) in [6, 6.07) is 2.05. The Morgan fingerprint density at radius 2 is 2.28 bits per heavy atom. The standard InChI is InChI=1S/C10H9BrN6S/c1-5-2-7-8(17-4-6(11)3-13-17)14-10(16-12)15-9(7)18-5/h2-4H,12H2,1H3,(H,14,15,16). The lowest BCUT2D eigenvalue weighted by molar-refractivity contribution is 0.852. The number of thiophene rings is 1. The largest absolute Gasteiger partial charge is 0.292 e. The average Bonchev–Trinajstić information content (AvgIpc) is 2.92. The molecule has 92 valence electrons. The van der Waals surface area contributed by atoms with E-state index in [1.807, 2.05) is 19.2 Å². The summed E-state index contributed by atoms with van der Waals surface area (Å²) < 4.78 is 2.59. The van der Waals surface area contributed by atoms with E-state index in [4.69, 9.17) is 5.84 Å². The number of hydrogen-bond acceptors (Lipinski definition) is 6. The van der Waals surface area contributed by atoms with Crippen molar-refractivity contribution in [2.75, 3.05) is 5.43 Å². The van der Waals surface area contributed by atoms with Gasteiger partial charge in [0, 0.05) is 11.1 Å². The second-order valence-electron chi connectivity index (χ2n) is 3.69. The first-order valence-electron chi connectivity index (χ1n) is 5.13. The van der Waals surface area contributed by atoms with Crippen LogP contribution in [-0.4, -0.2) is 19.7 Å². The predicted octanol–water partition coefficient (Wildman–Crippen LogP) is 2.23. The minimum atomic E-state index is 0.381. The Morgan fingerprint density at radius 3 is 2.94 bits per heavy atom. The molecule has 18 heavy (non-hydrogen) atoms. The zero-order valence-corrected chi connectivity index (χ0v) is 11.8. The molecule has 0 fully saturated rings. The van der Waals surface area contributed by atoms with Crippen molar-refractivity contribution in [1.82, 2.24) is 19.7 Å². The van der Waals surface area contributed by atoms with Gasteiger partial charge in [0.2, 0.25) is 5.95 Å². The van der Waals surface area contributed by atoms with E-state index in [-0.39, 0.29) is 0 Å². The van der Waals surface area contributed by atoms with Gasteiger partial charge < -0.3 is 0 Å². The lowest BCUT2D eigenvalue weighted by atomic mass is 10.3. The normalized spacial score (nSPS) is 11.1. The molecule has 0 aliphatic rings. The number of fused-ring (bicyclic) bond motifs is 1. The molecule has 3 aromatic heterocycles. The van der Waals surface area contributed by atoms with Crippen LogP contribution in [0.15, 0.2) is 22.9 Å². The van der Waals surface area contributed by atoms with Crippen LogP contribution >= 0.6 is 27.3 Å². The third kappa shape index (κ3) is 1.88. The molecule has 0 aliphatic heterocycles. The van der Waals surface area contributed by atoms with Crippen molar-refractivity contribution in [2.45, 2.75) is 6.92 Å². The monoisotopic (exact) mass is 324 g/mol. The predicted molar refractivity (Wildman–Crippen MR) is 74.8 cm³/mol. The van der Waals surface area contributed by atoms with E-state index in [9.17, 15) is 0 Å². The fourth-order valence-electron chi connectivity index (χ4n) is 1.68. The summed E-state index contributed by atoms with van der Waals surface area (Å²) in [6.45, 7) is 2.03. The van der Waals surface area contributed by atoms with Crippen LogP contribution in [0.25, 0.3) is 16.0 Å². The van der Waals surface area contributed by atoms with Crippen LogP contribution in [0.5, 0.6) is 0 Å². The summed E-state index contributed by atoms with van der Waals surface area (Å²) in [5.41, 5.74) is 2.48. The maximum atomic E-state index is 5.39. The number of nitrogens with two attached hydrogens (primary N) is 1. The molecule has 0 aliphatic carbocycles. The van der Waals surface area contributed by atoms with Crippen LogP contribution in [0.4, 0.5) is 5.95 Å². The first-order chi connectivity index (χ1) is 8.67. The summed E-state index contributed by atoms with van der Waals surface area (Å²) in [7, 11) is 0. The van der Waals surface area contributed by atoms with E-state index < -0.39 is 0 Å². The van der Waals surface area contributed by atoms with Gasteiger partial charge in [0.05, 0.1) is 16.1 Å². The highest BCUT2D eigenvalue weighted by molar-refractivity contribution is 9.10. The summed E-state index contributed by atoms with van der Waals surface area (Å²) >= 11 is 4.97. The fourth-order valence-corrected chi connectivity index (χ4v) is 2.84. The third-order valence-corrected chi connectivity index (χ3v) is 3.75. The molecule has 0 saturated carbocycles. The molecule has 3 rings (SSSR count). The Hall–Kier alpha value is -1.51. The molecular formula is C10H9BrN6S. The van der Waals surface area contributed by atoms with Gasteiger partial charge in [0.1, 0.15) is 4.83 Å². The van der Waals surface area contributed by atoms with E-state index in [2.05, 4.69) is 36.4 Å². The Bertz CT molecular complexity index is 718. The molecule has 0 unspecified atom stereocenters. The number of halogens is 1. The van der Waals surface area contributed by atoms with Gasteiger partial charge in [-0.15, -0.1) is 11.3 Å². The molecule has 3 heterocycles. The highest BCUT2D eigenvalue weighted by Gasteiger charge is 2.12. The molecule has 8 heteroatoms. The summed E-state index contributed by atoms with van der Waals surface area (Å²) in [5.74, 6) is 6.48. The van der Waals surface area contributed by atoms with Crippen molar-refractivity contribution in [3.63, 3.8) is 0 Å². The minimum absolute atomic E-state index is 0.381. The maximum absolute atomic E-state index is 5.39. The number of anilines is 1. The quantitative estimate of drug-likeness (QED) is 0.558. The van der Waals surface area contributed by atoms with Crippen LogP contribution in [0, 0.1) is 6.92 Å². The summed E-state index contributed by atoms with van der Waals surface area (Å²) in [5, 5.41) is 5.20. The van der Waals surface area contributed by atoms with Crippen molar-refractivity contribution in [3.05, 3.63) is 27.8 Å². The van der Waals surface area contributed by atoms with Gasteiger partial charge in [-0.05, 0) is 28.9 Å². The van der Waals surface area contributed by atoms with Gasteiger partial charge in [-0.25, -0.2) is 15.5 Å². The van der Waals surface area contributed by atoms with Crippen molar-refractivity contribution in [3.8, 4) is 5.82 Å². The number of hydrogen-bond donors (Lipinski definition) is 2. The SMILES string of the molecule is Cc1cc2c(-n3cc(Br)cn3)nc(NN)nc2s1. The average molecular weight is 325 g/mol. The molecule has 0 spiro atoms. The number of rotatable bonds is 2. The van der Waals surface area contributed by atoms with Gasteiger partial charge >= 0.3 is 0 Å². The molecule has 6 nitrogen and oxygen atoms in total. The van der Waals surface area contributed by atoms with Crippen LogP contribution < -0.4 is 11.3 Å². The first-order valence-corrected chi connectivity index (χ1v) is 6.73. The lowest BCUT2D eigenvalue weighted by Crippen LogP contribution is -2.12. The van der Waals surface area contributed by atoms with Gasteiger partial charge in [-0.2, -0.15) is 10.1 Å². The molecule has 3 aromatic rings. The second-order valence-corrected chi connectivity index (χ2v) is 5.84. The summed E-state index contributed by atoms with van der Waals surface area (Å²) in [6.07, 6.45) is 3.55. The highest BCUT2D eigenvalue weighted by atomic mass is 79.9. The molecule has 0 atom stereocenters. The van der Waals surface area contributed by atoms with Gasteiger partial charge in [0.25, 0.3) is 0 Å². The van der Waals surface area contributed by atoms with Crippen molar-refractivity contribution < 1.29 is 0 Å². The number of aromatic nitrogens is 4. The second kappa shape index (κ2) is 4.30. The Morgan fingerprint density at radius 1 is 1.44 bits per heavy atom. The van der Waals surface area contributed by atoms with Gasteiger partial charge in [-0.1, -0.05) is 0 Å². The topological polar surface area (TPSA) is 81.7 Å². The number of nitrogen functional groups attached to an aromatic ring is 1. The van der Waals surface area contributed by atoms with Crippen molar-refractivity contribution in [2.24, 2.45) is 5.84 Å². The highest BCUT2D eigenvalue weighted by Crippen LogP contribution is 2.28.